The van der Waals surface area contributed by atoms with Crippen molar-refractivity contribution >= 4 is 6.09 Å². The summed E-state index contributed by atoms with van der Waals surface area (Å²) in [6, 6.07) is 0. The van der Waals surface area contributed by atoms with Gasteiger partial charge in [-0.1, -0.05) is 12.2 Å². The molecule has 0 aromatic heterocycles. The largest absolute Gasteiger partial charge is 0.445 e. The predicted octanol–water partition coefficient (Wildman–Crippen LogP) is 2.20. The molecule has 0 radical (unpaired) electrons. The molecule has 2 aliphatic rings. The molecule has 0 saturated carbocycles. The Bertz CT molecular complexity index is 311. The summed E-state index contributed by atoms with van der Waals surface area (Å²) in [5.74, 6) is 0. The van der Waals surface area contributed by atoms with Crippen molar-refractivity contribution in [3.8, 4) is 0 Å². The van der Waals surface area contributed by atoms with Gasteiger partial charge in [0.15, 0.2) is 0 Å². The monoisotopic (exact) mass is 221 g/mol. The number of carbonyl (C=O) groups excluding carboxylic acids is 1. The molecule has 0 aromatic carbocycles. The minimum atomic E-state index is -0.330. The van der Waals surface area contributed by atoms with Crippen molar-refractivity contribution in [2.45, 2.75) is 18.9 Å². The maximum atomic E-state index is 11.8. The number of allylic oxidation sites excluding steroid dienone is 4. The SMILES string of the molecule is O=C(OC1CCOCC1)N1C=CC=CC=C1. The highest BCUT2D eigenvalue weighted by Gasteiger charge is 2.20. The molecule has 86 valence electrons. The van der Waals surface area contributed by atoms with Crippen LogP contribution in [-0.2, 0) is 9.47 Å². The first-order chi connectivity index (χ1) is 7.86. The van der Waals surface area contributed by atoms with Gasteiger partial charge in [0.05, 0.1) is 13.2 Å². The number of carbonyl (C=O) groups is 1. The molecule has 2 rings (SSSR count). The van der Waals surface area contributed by atoms with Gasteiger partial charge >= 0.3 is 6.09 Å². The van der Waals surface area contributed by atoms with Crippen LogP contribution < -0.4 is 0 Å². The van der Waals surface area contributed by atoms with Gasteiger partial charge in [0, 0.05) is 25.2 Å². The second-order valence-corrected chi connectivity index (χ2v) is 3.67. The van der Waals surface area contributed by atoms with Gasteiger partial charge in [-0.3, -0.25) is 4.90 Å². The lowest BCUT2D eigenvalue weighted by Gasteiger charge is -2.24. The number of rotatable bonds is 1. The van der Waals surface area contributed by atoms with Crippen LogP contribution in [-0.4, -0.2) is 30.3 Å². The van der Waals surface area contributed by atoms with E-state index in [-0.39, 0.29) is 12.2 Å². The van der Waals surface area contributed by atoms with E-state index in [1.165, 1.54) is 4.90 Å². The highest BCUT2D eigenvalue weighted by molar-refractivity contribution is 5.70. The average molecular weight is 221 g/mol. The molecule has 1 fully saturated rings. The molecule has 0 aromatic rings. The summed E-state index contributed by atoms with van der Waals surface area (Å²) in [5, 5.41) is 0. The van der Waals surface area contributed by atoms with Crippen LogP contribution in [0.2, 0.25) is 0 Å². The van der Waals surface area contributed by atoms with Gasteiger partial charge in [0.2, 0.25) is 0 Å². The van der Waals surface area contributed by atoms with Crippen molar-refractivity contribution < 1.29 is 14.3 Å². The van der Waals surface area contributed by atoms with Crippen molar-refractivity contribution in [3.05, 3.63) is 36.7 Å². The van der Waals surface area contributed by atoms with Gasteiger partial charge in [-0.05, 0) is 12.2 Å². The van der Waals surface area contributed by atoms with Gasteiger partial charge in [-0.25, -0.2) is 4.79 Å². The van der Waals surface area contributed by atoms with Crippen LogP contribution in [0.5, 0.6) is 0 Å². The minimum absolute atomic E-state index is 0.0146. The Morgan fingerprint density at radius 3 is 2.38 bits per heavy atom. The van der Waals surface area contributed by atoms with Crippen LogP contribution >= 0.6 is 0 Å². The Kier molecular flexibility index (Phi) is 3.77. The van der Waals surface area contributed by atoms with E-state index in [1.54, 1.807) is 24.6 Å². The van der Waals surface area contributed by atoms with Gasteiger partial charge < -0.3 is 9.47 Å². The van der Waals surface area contributed by atoms with Crippen LogP contribution in [0.15, 0.2) is 36.7 Å². The number of hydrogen-bond donors (Lipinski definition) is 0. The topological polar surface area (TPSA) is 38.8 Å². The fourth-order valence-corrected chi connectivity index (χ4v) is 1.58. The zero-order valence-electron chi connectivity index (χ0n) is 9.04. The quantitative estimate of drug-likeness (QED) is 0.681. The average Bonchev–Trinajstić information content (AvgIpc) is 2.59. The van der Waals surface area contributed by atoms with Gasteiger partial charge in [-0.2, -0.15) is 0 Å². The first-order valence-corrected chi connectivity index (χ1v) is 5.44. The maximum absolute atomic E-state index is 11.8. The summed E-state index contributed by atoms with van der Waals surface area (Å²) in [4.78, 5) is 13.2. The zero-order valence-corrected chi connectivity index (χ0v) is 9.04. The van der Waals surface area contributed by atoms with E-state index in [1.807, 2.05) is 12.2 Å². The normalized spacial score (nSPS) is 20.9. The Labute approximate surface area is 94.8 Å². The molecule has 4 heteroatoms. The lowest BCUT2D eigenvalue weighted by Crippen LogP contribution is -2.30. The molecule has 2 aliphatic heterocycles. The highest BCUT2D eigenvalue weighted by atomic mass is 16.6. The van der Waals surface area contributed by atoms with Crippen molar-refractivity contribution in [3.63, 3.8) is 0 Å². The van der Waals surface area contributed by atoms with Crippen molar-refractivity contribution in [2.75, 3.05) is 13.2 Å². The van der Waals surface area contributed by atoms with E-state index < -0.39 is 0 Å². The third kappa shape index (κ3) is 2.97. The van der Waals surface area contributed by atoms with Crippen molar-refractivity contribution in [2.24, 2.45) is 0 Å². The number of ether oxygens (including phenoxy) is 2. The Hall–Kier alpha value is -1.55. The molecule has 0 aliphatic carbocycles. The lowest BCUT2D eigenvalue weighted by molar-refractivity contribution is -0.00370. The lowest BCUT2D eigenvalue weighted by atomic mass is 10.2. The molecule has 0 atom stereocenters. The molecule has 4 nitrogen and oxygen atoms in total. The fraction of sp³-hybridized carbons (Fsp3) is 0.417. The molecule has 1 saturated heterocycles. The second kappa shape index (κ2) is 5.51. The van der Waals surface area contributed by atoms with E-state index in [9.17, 15) is 4.79 Å². The number of hydrogen-bond acceptors (Lipinski definition) is 3. The standard InChI is InChI=1S/C12H15NO3/c14-12(13-7-3-1-2-4-8-13)16-11-5-9-15-10-6-11/h1-4,7-8,11H,5-6,9-10H2. The van der Waals surface area contributed by atoms with Crippen LogP contribution in [0.1, 0.15) is 12.8 Å². The highest BCUT2D eigenvalue weighted by Crippen LogP contribution is 2.13. The third-order valence-corrected chi connectivity index (χ3v) is 2.47. The minimum Gasteiger partial charge on any atom is -0.445 e. The van der Waals surface area contributed by atoms with E-state index in [0.717, 1.165) is 12.8 Å². The van der Waals surface area contributed by atoms with E-state index in [4.69, 9.17) is 9.47 Å². The summed E-state index contributed by atoms with van der Waals surface area (Å²) in [5.41, 5.74) is 0. The molecule has 0 bridgehead atoms. The second-order valence-electron chi connectivity index (χ2n) is 3.67. The molecule has 0 spiro atoms. The number of nitrogens with zero attached hydrogens (tertiary/aromatic N) is 1. The summed E-state index contributed by atoms with van der Waals surface area (Å²) in [6.07, 6.45) is 11.9. The summed E-state index contributed by atoms with van der Waals surface area (Å²) >= 11 is 0. The van der Waals surface area contributed by atoms with Gasteiger partial charge in [0.25, 0.3) is 0 Å². The van der Waals surface area contributed by atoms with Crippen LogP contribution in [0.3, 0.4) is 0 Å². The van der Waals surface area contributed by atoms with E-state index in [0.29, 0.717) is 13.2 Å². The Balaban J connectivity index is 1.87. The molecular weight excluding hydrogens is 206 g/mol. The van der Waals surface area contributed by atoms with Crippen molar-refractivity contribution in [1.29, 1.82) is 0 Å². The van der Waals surface area contributed by atoms with E-state index >= 15 is 0 Å². The first kappa shape index (κ1) is 11.0. The summed E-state index contributed by atoms with van der Waals surface area (Å²) in [7, 11) is 0. The molecule has 1 amide bonds. The molecule has 0 unspecified atom stereocenters. The molecular formula is C12H15NO3. The molecule has 2 heterocycles. The summed E-state index contributed by atoms with van der Waals surface area (Å²) < 4.78 is 10.6. The third-order valence-electron chi connectivity index (χ3n) is 2.47. The van der Waals surface area contributed by atoms with Crippen molar-refractivity contribution in [1.82, 2.24) is 4.90 Å². The smallest absolute Gasteiger partial charge is 0.418 e. The van der Waals surface area contributed by atoms with E-state index in [2.05, 4.69) is 0 Å². The predicted molar refractivity (Wildman–Crippen MR) is 59.6 cm³/mol. The maximum Gasteiger partial charge on any atom is 0.418 e. The number of amides is 1. The Morgan fingerprint density at radius 1 is 1.12 bits per heavy atom. The summed E-state index contributed by atoms with van der Waals surface area (Å²) in [6.45, 7) is 1.34. The van der Waals surface area contributed by atoms with Crippen LogP contribution in [0.4, 0.5) is 4.79 Å². The van der Waals surface area contributed by atoms with Gasteiger partial charge in [0.1, 0.15) is 6.10 Å². The molecule has 16 heavy (non-hydrogen) atoms. The zero-order chi connectivity index (χ0) is 11.2. The van der Waals surface area contributed by atoms with Crippen LogP contribution in [0, 0.1) is 0 Å². The first-order valence-electron chi connectivity index (χ1n) is 5.44. The van der Waals surface area contributed by atoms with Gasteiger partial charge in [-0.15, -0.1) is 0 Å². The van der Waals surface area contributed by atoms with Crippen LogP contribution in [0.25, 0.3) is 0 Å². The molecule has 0 N–H and O–H groups in total. The Morgan fingerprint density at radius 2 is 1.75 bits per heavy atom. The fourth-order valence-electron chi connectivity index (χ4n) is 1.58.